The highest BCUT2D eigenvalue weighted by Gasteiger charge is 2.31. The minimum absolute atomic E-state index is 0.536. The van der Waals surface area contributed by atoms with E-state index in [2.05, 4.69) is 9.74 Å². The Morgan fingerprint density at radius 2 is 1.86 bits per heavy atom. The second kappa shape index (κ2) is 6.81. The monoisotopic (exact) mass is 297 g/mol. The maximum atomic E-state index is 12.7. The molecular formula is C15H18F3N3. The molecule has 0 aliphatic carbocycles. The number of halogens is 3. The van der Waals surface area contributed by atoms with Crippen molar-refractivity contribution in [1.29, 1.82) is 0 Å². The van der Waals surface area contributed by atoms with Gasteiger partial charge in [-0.2, -0.15) is 13.2 Å². The molecule has 1 fully saturated rings. The van der Waals surface area contributed by atoms with Crippen LogP contribution >= 0.6 is 0 Å². The number of piperazine rings is 1. The van der Waals surface area contributed by atoms with E-state index >= 15 is 0 Å². The second-order valence-electron chi connectivity index (χ2n) is 5.11. The van der Waals surface area contributed by atoms with Crippen LogP contribution in [0.25, 0.3) is 4.85 Å². The van der Waals surface area contributed by atoms with Crippen molar-refractivity contribution in [2.24, 2.45) is 0 Å². The summed E-state index contributed by atoms with van der Waals surface area (Å²) in [5.41, 5.74) is 0.0325. The minimum Gasteiger partial charge on any atom is -0.369 e. The molecule has 2 rings (SSSR count). The summed E-state index contributed by atoms with van der Waals surface area (Å²) in [7, 11) is 0. The van der Waals surface area contributed by atoms with Crippen molar-refractivity contribution < 1.29 is 13.2 Å². The maximum absolute atomic E-state index is 12.7. The van der Waals surface area contributed by atoms with Crippen molar-refractivity contribution in [3.8, 4) is 0 Å². The van der Waals surface area contributed by atoms with Gasteiger partial charge in [0, 0.05) is 44.8 Å². The van der Waals surface area contributed by atoms with Crippen molar-refractivity contribution in [1.82, 2.24) is 4.90 Å². The van der Waals surface area contributed by atoms with Gasteiger partial charge in [0.2, 0.25) is 6.54 Å². The Kier molecular flexibility index (Phi) is 5.07. The van der Waals surface area contributed by atoms with Crippen molar-refractivity contribution in [2.45, 2.75) is 12.6 Å². The number of nitrogens with zero attached hydrogens (tertiary/aromatic N) is 3. The number of alkyl halides is 3. The van der Waals surface area contributed by atoms with Crippen molar-refractivity contribution in [2.75, 3.05) is 44.2 Å². The molecule has 1 saturated heterocycles. The summed E-state index contributed by atoms with van der Waals surface area (Å²) in [6.07, 6.45) is -3.44. The van der Waals surface area contributed by atoms with Crippen LogP contribution in [0.1, 0.15) is 12.0 Å². The van der Waals surface area contributed by atoms with Crippen LogP contribution in [0.2, 0.25) is 0 Å². The molecule has 0 unspecified atom stereocenters. The van der Waals surface area contributed by atoms with E-state index in [0.29, 0.717) is 12.2 Å². The molecule has 1 aliphatic rings. The van der Waals surface area contributed by atoms with Crippen LogP contribution < -0.4 is 4.90 Å². The van der Waals surface area contributed by atoms with Crippen LogP contribution in [0.4, 0.5) is 18.9 Å². The number of rotatable bonds is 4. The van der Waals surface area contributed by atoms with Gasteiger partial charge in [0.05, 0.1) is 5.56 Å². The van der Waals surface area contributed by atoms with Gasteiger partial charge in [-0.15, -0.1) is 0 Å². The zero-order chi connectivity index (χ0) is 15.3. The SMILES string of the molecule is [C-]#[N+]CCCN1CCN(c2cccc(C(F)(F)F)c2)CC1. The molecule has 1 aliphatic heterocycles. The second-order valence-corrected chi connectivity index (χ2v) is 5.11. The lowest BCUT2D eigenvalue weighted by Gasteiger charge is -2.36. The Labute approximate surface area is 122 Å². The lowest BCUT2D eigenvalue weighted by molar-refractivity contribution is -0.137. The first-order valence-corrected chi connectivity index (χ1v) is 6.98. The quantitative estimate of drug-likeness (QED) is 0.624. The summed E-state index contributed by atoms with van der Waals surface area (Å²) in [4.78, 5) is 7.57. The van der Waals surface area contributed by atoms with E-state index in [1.807, 2.05) is 4.90 Å². The van der Waals surface area contributed by atoms with Crippen LogP contribution in [0, 0.1) is 6.57 Å². The normalized spacial score (nSPS) is 16.8. The molecule has 0 radical (unpaired) electrons. The zero-order valence-corrected chi connectivity index (χ0v) is 11.7. The van der Waals surface area contributed by atoms with E-state index in [0.717, 1.165) is 45.2 Å². The highest BCUT2D eigenvalue weighted by molar-refractivity contribution is 5.49. The van der Waals surface area contributed by atoms with Gasteiger partial charge >= 0.3 is 6.18 Å². The van der Waals surface area contributed by atoms with Gasteiger partial charge in [0.25, 0.3) is 0 Å². The standard InChI is InChI=1S/C15H18F3N3/c1-19-6-3-7-20-8-10-21(11-9-20)14-5-2-4-13(12-14)15(16,17)18/h2,4-5,12H,3,6-11H2. The summed E-state index contributed by atoms with van der Waals surface area (Å²) in [6, 6.07) is 5.50. The Bertz CT molecular complexity index is 500. The van der Waals surface area contributed by atoms with Crippen LogP contribution in [0.3, 0.4) is 0 Å². The Hall–Kier alpha value is -1.74. The average Bonchev–Trinajstić information content (AvgIpc) is 2.47. The third-order valence-electron chi connectivity index (χ3n) is 3.66. The van der Waals surface area contributed by atoms with Crippen molar-refractivity contribution >= 4 is 5.69 Å². The predicted molar refractivity (Wildman–Crippen MR) is 76.2 cm³/mol. The van der Waals surface area contributed by atoms with Crippen LogP contribution in [-0.2, 0) is 6.18 Å². The molecule has 1 heterocycles. The molecule has 0 atom stereocenters. The third kappa shape index (κ3) is 4.36. The van der Waals surface area contributed by atoms with E-state index in [4.69, 9.17) is 6.57 Å². The number of hydrogen-bond donors (Lipinski definition) is 0. The lowest BCUT2D eigenvalue weighted by Crippen LogP contribution is -2.46. The summed E-state index contributed by atoms with van der Waals surface area (Å²) in [5.74, 6) is 0. The van der Waals surface area contributed by atoms with Gasteiger partial charge in [0.15, 0.2) is 0 Å². The third-order valence-corrected chi connectivity index (χ3v) is 3.66. The number of anilines is 1. The van der Waals surface area contributed by atoms with Gasteiger partial charge in [0.1, 0.15) is 0 Å². The first-order valence-electron chi connectivity index (χ1n) is 6.98. The van der Waals surface area contributed by atoms with Gasteiger partial charge in [-0.1, -0.05) is 6.07 Å². The van der Waals surface area contributed by atoms with E-state index in [-0.39, 0.29) is 0 Å². The molecule has 0 aromatic heterocycles. The van der Waals surface area contributed by atoms with E-state index in [1.165, 1.54) is 12.1 Å². The summed E-state index contributed by atoms with van der Waals surface area (Å²) in [6.45, 7) is 11.3. The Balaban J connectivity index is 1.92. The summed E-state index contributed by atoms with van der Waals surface area (Å²) < 4.78 is 38.2. The van der Waals surface area contributed by atoms with Gasteiger partial charge in [-0.05, 0) is 18.2 Å². The number of benzene rings is 1. The molecule has 6 heteroatoms. The minimum atomic E-state index is -4.29. The highest BCUT2D eigenvalue weighted by Crippen LogP contribution is 2.31. The van der Waals surface area contributed by atoms with Crippen molar-refractivity contribution in [3.63, 3.8) is 0 Å². The molecule has 0 N–H and O–H groups in total. The highest BCUT2D eigenvalue weighted by atomic mass is 19.4. The fourth-order valence-corrected chi connectivity index (χ4v) is 2.48. The topological polar surface area (TPSA) is 10.8 Å². The molecule has 21 heavy (non-hydrogen) atoms. The summed E-state index contributed by atoms with van der Waals surface area (Å²) in [5, 5.41) is 0. The molecule has 114 valence electrons. The molecule has 1 aromatic rings. The number of hydrogen-bond acceptors (Lipinski definition) is 2. The Morgan fingerprint density at radius 3 is 2.48 bits per heavy atom. The van der Waals surface area contributed by atoms with Gasteiger partial charge in [-0.25, -0.2) is 6.57 Å². The smallest absolute Gasteiger partial charge is 0.369 e. The maximum Gasteiger partial charge on any atom is 0.416 e. The van der Waals surface area contributed by atoms with Crippen LogP contribution in [0.5, 0.6) is 0 Å². The van der Waals surface area contributed by atoms with Crippen molar-refractivity contribution in [3.05, 3.63) is 41.2 Å². The van der Waals surface area contributed by atoms with Gasteiger partial charge in [-0.3, -0.25) is 4.90 Å². The van der Waals surface area contributed by atoms with Crippen LogP contribution in [0.15, 0.2) is 24.3 Å². The van der Waals surface area contributed by atoms with Crippen LogP contribution in [-0.4, -0.2) is 44.2 Å². The summed E-state index contributed by atoms with van der Waals surface area (Å²) >= 11 is 0. The van der Waals surface area contributed by atoms with E-state index in [9.17, 15) is 13.2 Å². The lowest BCUT2D eigenvalue weighted by atomic mass is 10.1. The average molecular weight is 297 g/mol. The van der Waals surface area contributed by atoms with Gasteiger partial charge < -0.3 is 9.74 Å². The molecule has 1 aromatic carbocycles. The molecular weight excluding hydrogens is 279 g/mol. The molecule has 0 saturated carbocycles. The fourth-order valence-electron chi connectivity index (χ4n) is 2.48. The zero-order valence-electron chi connectivity index (χ0n) is 11.7. The first-order chi connectivity index (χ1) is 10.0. The largest absolute Gasteiger partial charge is 0.416 e. The Morgan fingerprint density at radius 1 is 1.14 bits per heavy atom. The molecule has 0 amide bonds. The first kappa shape index (κ1) is 15.6. The predicted octanol–water partition coefficient (Wildman–Crippen LogP) is 3.14. The fraction of sp³-hybridized carbons (Fsp3) is 0.533. The molecule has 0 spiro atoms. The molecule has 3 nitrogen and oxygen atoms in total. The van der Waals surface area contributed by atoms with E-state index < -0.39 is 11.7 Å². The molecule has 0 bridgehead atoms. The van der Waals surface area contributed by atoms with E-state index in [1.54, 1.807) is 6.07 Å².